The van der Waals surface area contributed by atoms with Crippen molar-refractivity contribution < 1.29 is 17.6 Å². The van der Waals surface area contributed by atoms with Crippen molar-refractivity contribution in [1.29, 1.82) is 0 Å². The number of Topliss-reactive ketones (excluding diaryl/α,β-unsaturated/α-hetero) is 1. The van der Waals surface area contributed by atoms with Crippen molar-refractivity contribution >= 4 is 38.2 Å². The van der Waals surface area contributed by atoms with Crippen LogP contribution in [0.3, 0.4) is 0 Å². The number of benzene rings is 1. The molecule has 1 atom stereocenters. The number of furan rings is 1. The van der Waals surface area contributed by atoms with Crippen molar-refractivity contribution in [3.8, 4) is 0 Å². The molecule has 0 spiro atoms. The van der Waals surface area contributed by atoms with Crippen LogP contribution in [0.2, 0.25) is 5.02 Å². The second-order valence-corrected chi connectivity index (χ2v) is 7.75. The van der Waals surface area contributed by atoms with Gasteiger partial charge in [-0.2, -0.15) is 0 Å². The first-order valence-electron chi connectivity index (χ1n) is 6.42. The summed E-state index contributed by atoms with van der Waals surface area (Å²) in [6.07, 6.45) is 1.75. The van der Waals surface area contributed by atoms with Crippen LogP contribution in [0.5, 0.6) is 0 Å². The summed E-state index contributed by atoms with van der Waals surface area (Å²) in [4.78, 5) is 12.4. The molecule has 4 nitrogen and oxygen atoms in total. The van der Waals surface area contributed by atoms with E-state index >= 15 is 0 Å². The summed E-state index contributed by atoms with van der Waals surface area (Å²) in [5, 5.41) is 0.281. The van der Waals surface area contributed by atoms with Gasteiger partial charge in [-0.05, 0) is 37.1 Å². The number of hydrogen-bond acceptors (Lipinski definition) is 4. The Morgan fingerprint density at radius 1 is 1.25 bits per heavy atom. The smallest absolute Gasteiger partial charge is 0.216 e. The van der Waals surface area contributed by atoms with E-state index in [0.29, 0.717) is 28.8 Å². The molecule has 2 heterocycles. The van der Waals surface area contributed by atoms with E-state index in [1.54, 1.807) is 24.3 Å². The van der Waals surface area contributed by atoms with Gasteiger partial charge in [-0.25, -0.2) is 8.42 Å². The molecule has 106 valence electrons. The fourth-order valence-corrected chi connectivity index (χ4v) is 4.58. The molecular formula is C14H13ClO4S. The molecule has 0 amide bonds. The van der Waals surface area contributed by atoms with E-state index < -0.39 is 20.9 Å². The maximum atomic E-state index is 12.4. The SMILES string of the molecule is O=C(c1cc2cc(Cl)ccc2o1)C1CCCCS1(=O)=O. The normalized spacial score (nSPS) is 21.9. The van der Waals surface area contributed by atoms with E-state index in [4.69, 9.17) is 16.0 Å². The van der Waals surface area contributed by atoms with Gasteiger partial charge in [0, 0.05) is 10.4 Å². The first-order chi connectivity index (χ1) is 9.47. The number of carbonyl (C=O) groups is 1. The van der Waals surface area contributed by atoms with Crippen LogP contribution in [-0.2, 0) is 9.84 Å². The molecule has 0 N–H and O–H groups in total. The van der Waals surface area contributed by atoms with Crippen LogP contribution >= 0.6 is 11.6 Å². The molecule has 2 aromatic rings. The molecule has 1 aliphatic rings. The first-order valence-corrected chi connectivity index (χ1v) is 8.51. The lowest BCUT2D eigenvalue weighted by atomic mass is 10.1. The maximum absolute atomic E-state index is 12.4. The van der Waals surface area contributed by atoms with Crippen molar-refractivity contribution in [2.45, 2.75) is 24.5 Å². The minimum Gasteiger partial charge on any atom is -0.453 e. The van der Waals surface area contributed by atoms with Crippen LogP contribution in [-0.4, -0.2) is 25.2 Å². The molecule has 1 aromatic heterocycles. The van der Waals surface area contributed by atoms with E-state index in [0.717, 1.165) is 6.42 Å². The summed E-state index contributed by atoms with van der Waals surface area (Å²) >= 11 is 5.88. The number of halogens is 1. The largest absolute Gasteiger partial charge is 0.453 e. The van der Waals surface area contributed by atoms with Crippen molar-refractivity contribution in [3.63, 3.8) is 0 Å². The van der Waals surface area contributed by atoms with Crippen LogP contribution in [0.25, 0.3) is 11.0 Å². The van der Waals surface area contributed by atoms with Gasteiger partial charge < -0.3 is 4.42 Å². The molecule has 1 aliphatic heterocycles. The summed E-state index contributed by atoms with van der Waals surface area (Å²) < 4.78 is 29.4. The third kappa shape index (κ3) is 2.36. The Hall–Kier alpha value is -1.33. The Balaban J connectivity index is 2.00. The summed E-state index contributed by atoms with van der Waals surface area (Å²) in [6, 6.07) is 6.59. The lowest BCUT2D eigenvalue weighted by Crippen LogP contribution is -2.35. The Morgan fingerprint density at radius 3 is 2.80 bits per heavy atom. The van der Waals surface area contributed by atoms with Gasteiger partial charge in [-0.1, -0.05) is 18.0 Å². The maximum Gasteiger partial charge on any atom is 0.216 e. The molecule has 1 aromatic carbocycles. The van der Waals surface area contributed by atoms with Crippen LogP contribution in [0.4, 0.5) is 0 Å². The molecule has 0 aliphatic carbocycles. The molecule has 1 saturated heterocycles. The van der Waals surface area contributed by atoms with Crippen LogP contribution in [0.15, 0.2) is 28.7 Å². The molecule has 20 heavy (non-hydrogen) atoms. The lowest BCUT2D eigenvalue weighted by Gasteiger charge is -2.19. The van der Waals surface area contributed by atoms with Crippen molar-refractivity contribution in [2.75, 3.05) is 5.75 Å². The van der Waals surface area contributed by atoms with Gasteiger partial charge in [-0.3, -0.25) is 4.79 Å². The Labute approximate surface area is 121 Å². The summed E-state index contributed by atoms with van der Waals surface area (Å²) in [6.45, 7) is 0. The zero-order valence-electron chi connectivity index (χ0n) is 10.6. The summed E-state index contributed by atoms with van der Waals surface area (Å²) in [7, 11) is -3.35. The molecular weight excluding hydrogens is 300 g/mol. The zero-order valence-corrected chi connectivity index (χ0v) is 12.2. The van der Waals surface area contributed by atoms with Gasteiger partial charge in [0.1, 0.15) is 10.8 Å². The van der Waals surface area contributed by atoms with E-state index in [1.165, 1.54) is 0 Å². The average molecular weight is 313 g/mol. The molecule has 1 fully saturated rings. The number of hydrogen-bond donors (Lipinski definition) is 0. The van der Waals surface area contributed by atoms with Crippen molar-refractivity contribution in [2.24, 2.45) is 0 Å². The van der Waals surface area contributed by atoms with E-state index in [2.05, 4.69) is 0 Å². The number of rotatable bonds is 2. The zero-order chi connectivity index (χ0) is 14.3. The average Bonchev–Trinajstić information content (AvgIpc) is 2.80. The third-order valence-electron chi connectivity index (χ3n) is 3.59. The molecule has 1 unspecified atom stereocenters. The number of carbonyl (C=O) groups excluding carboxylic acids is 1. The Bertz CT molecular complexity index is 776. The third-order valence-corrected chi connectivity index (χ3v) is 6.00. The number of ketones is 1. The standard InChI is InChI=1S/C14H13ClO4S/c15-10-4-5-11-9(7-10)8-12(19-11)14(16)13-3-1-2-6-20(13,17)18/h4-5,7-8,13H,1-3,6H2. The van der Waals surface area contributed by atoms with Crippen LogP contribution in [0.1, 0.15) is 29.8 Å². The fraction of sp³-hybridized carbons (Fsp3) is 0.357. The number of sulfone groups is 1. The second-order valence-electron chi connectivity index (χ2n) is 5.01. The molecule has 0 radical (unpaired) electrons. The van der Waals surface area contributed by atoms with E-state index in [-0.39, 0.29) is 11.5 Å². The highest BCUT2D eigenvalue weighted by Crippen LogP contribution is 2.27. The van der Waals surface area contributed by atoms with E-state index in [1.807, 2.05) is 0 Å². The number of fused-ring (bicyclic) bond motifs is 1. The quantitative estimate of drug-likeness (QED) is 0.799. The van der Waals surface area contributed by atoms with Crippen molar-refractivity contribution in [1.82, 2.24) is 0 Å². The highest BCUT2D eigenvalue weighted by atomic mass is 35.5. The monoisotopic (exact) mass is 312 g/mol. The first kappa shape index (κ1) is 13.6. The lowest BCUT2D eigenvalue weighted by molar-refractivity contribution is 0.0957. The van der Waals surface area contributed by atoms with Gasteiger partial charge >= 0.3 is 0 Å². The van der Waals surface area contributed by atoms with Gasteiger partial charge in [-0.15, -0.1) is 0 Å². The molecule has 0 saturated carbocycles. The van der Waals surface area contributed by atoms with E-state index in [9.17, 15) is 13.2 Å². The van der Waals surface area contributed by atoms with Gasteiger partial charge in [0.15, 0.2) is 15.6 Å². The van der Waals surface area contributed by atoms with Crippen LogP contribution < -0.4 is 0 Å². The molecule has 3 rings (SSSR count). The summed E-state index contributed by atoms with van der Waals surface area (Å²) in [5.41, 5.74) is 0.533. The minimum atomic E-state index is -3.35. The highest BCUT2D eigenvalue weighted by molar-refractivity contribution is 7.92. The molecule has 0 bridgehead atoms. The van der Waals surface area contributed by atoms with Gasteiger partial charge in [0.25, 0.3) is 0 Å². The highest BCUT2D eigenvalue weighted by Gasteiger charge is 2.36. The minimum absolute atomic E-state index is 0.0788. The Kier molecular flexibility index (Phi) is 3.34. The second kappa shape index (κ2) is 4.90. The topological polar surface area (TPSA) is 64.3 Å². The fourth-order valence-electron chi connectivity index (χ4n) is 2.54. The Morgan fingerprint density at radius 2 is 2.05 bits per heavy atom. The predicted octanol–water partition coefficient (Wildman–Crippen LogP) is 3.24. The molecule has 6 heteroatoms. The van der Waals surface area contributed by atoms with Gasteiger partial charge in [0.2, 0.25) is 5.78 Å². The predicted molar refractivity (Wildman–Crippen MR) is 77.0 cm³/mol. The van der Waals surface area contributed by atoms with Crippen molar-refractivity contribution in [3.05, 3.63) is 35.0 Å². The summed E-state index contributed by atoms with van der Waals surface area (Å²) in [5.74, 6) is -0.273. The van der Waals surface area contributed by atoms with Gasteiger partial charge in [0.05, 0.1) is 5.75 Å². The van der Waals surface area contributed by atoms with Crippen LogP contribution in [0, 0.1) is 0 Å².